The Morgan fingerprint density at radius 2 is 1.77 bits per heavy atom. The fourth-order valence-corrected chi connectivity index (χ4v) is 3.77. The van der Waals surface area contributed by atoms with E-state index < -0.39 is 5.97 Å². The molecule has 2 aromatic carbocycles. The van der Waals surface area contributed by atoms with Crippen LogP contribution in [0.3, 0.4) is 0 Å². The molecule has 0 aliphatic carbocycles. The van der Waals surface area contributed by atoms with Gasteiger partial charge in [-0.05, 0) is 24.6 Å². The maximum absolute atomic E-state index is 12.8. The lowest BCUT2D eigenvalue weighted by Gasteiger charge is -2.07. The highest BCUT2D eigenvalue weighted by Crippen LogP contribution is 2.41. The van der Waals surface area contributed by atoms with E-state index in [0.717, 1.165) is 21.7 Å². The summed E-state index contributed by atoms with van der Waals surface area (Å²) >= 11 is 1.40. The third-order valence-corrected chi connectivity index (χ3v) is 5.05. The van der Waals surface area contributed by atoms with Crippen molar-refractivity contribution in [3.63, 3.8) is 0 Å². The molecule has 3 aromatic rings. The lowest BCUT2D eigenvalue weighted by atomic mass is 10.0. The highest BCUT2D eigenvalue weighted by Gasteiger charge is 2.25. The number of nitrogens with one attached hydrogen (secondary N) is 1. The number of para-hydroxylation sites is 1. The van der Waals surface area contributed by atoms with Gasteiger partial charge >= 0.3 is 5.97 Å². The van der Waals surface area contributed by atoms with Crippen molar-refractivity contribution in [2.45, 2.75) is 6.92 Å². The fourth-order valence-electron chi connectivity index (χ4n) is 2.75. The van der Waals surface area contributed by atoms with Crippen molar-refractivity contribution in [3.8, 4) is 11.1 Å². The van der Waals surface area contributed by atoms with E-state index in [2.05, 4.69) is 15.5 Å². The second kappa shape index (κ2) is 10.4. The van der Waals surface area contributed by atoms with Gasteiger partial charge in [0, 0.05) is 19.7 Å². The number of hydrazone groups is 1. The number of ether oxygens (including phenoxy) is 1. The number of hydrogen-bond acceptors (Lipinski definition) is 6. The molecule has 0 saturated heterocycles. The summed E-state index contributed by atoms with van der Waals surface area (Å²) in [7, 11) is 3.76. The Hall–Kier alpha value is -3.45. The Morgan fingerprint density at radius 1 is 1.10 bits per heavy atom. The highest BCUT2D eigenvalue weighted by atomic mass is 32.1. The zero-order valence-corrected chi connectivity index (χ0v) is 18.0. The van der Waals surface area contributed by atoms with Crippen LogP contribution >= 0.6 is 11.3 Å². The maximum Gasteiger partial charge on any atom is 0.341 e. The summed E-state index contributed by atoms with van der Waals surface area (Å²) in [6.07, 6.45) is 3.39. The third-order valence-electron chi connectivity index (χ3n) is 4.01. The smallest absolute Gasteiger partial charge is 0.341 e. The molecule has 0 fully saturated rings. The van der Waals surface area contributed by atoms with E-state index in [0.29, 0.717) is 17.2 Å². The highest BCUT2D eigenvalue weighted by molar-refractivity contribution is 7.18. The lowest BCUT2D eigenvalue weighted by molar-refractivity contribution is 0.0529. The van der Waals surface area contributed by atoms with Gasteiger partial charge in [-0.25, -0.2) is 9.79 Å². The number of esters is 1. The molecular formula is C23H24N4O2S. The molecular weight excluding hydrogens is 396 g/mol. The zero-order chi connectivity index (χ0) is 21.3. The predicted molar refractivity (Wildman–Crippen MR) is 125 cm³/mol. The maximum atomic E-state index is 12.8. The number of carbonyl (C=O) groups excluding carboxylic acids is 1. The number of aliphatic imine (C=N–C) groups is 1. The van der Waals surface area contributed by atoms with Gasteiger partial charge in [-0.2, -0.15) is 5.10 Å². The summed E-state index contributed by atoms with van der Waals surface area (Å²) in [5.41, 5.74) is 6.02. The van der Waals surface area contributed by atoms with Crippen molar-refractivity contribution < 1.29 is 9.53 Å². The van der Waals surface area contributed by atoms with Crippen molar-refractivity contribution >= 4 is 40.5 Å². The van der Waals surface area contributed by atoms with Crippen LogP contribution in [0.25, 0.3) is 11.1 Å². The largest absolute Gasteiger partial charge is 0.462 e. The van der Waals surface area contributed by atoms with Crippen LogP contribution in [-0.2, 0) is 4.74 Å². The third kappa shape index (κ3) is 5.33. The van der Waals surface area contributed by atoms with Gasteiger partial charge in [0.1, 0.15) is 10.6 Å². The molecule has 30 heavy (non-hydrogen) atoms. The molecule has 0 saturated carbocycles. The van der Waals surface area contributed by atoms with Crippen molar-refractivity contribution in [1.82, 2.24) is 4.90 Å². The van der Waals surface area contributed by atoms with Gasteiger partial charge in [0.15, 0.2) is 0 Å². The first-order valence-electron chi connectivity index (χ1n) is 9.54. The van der Waals surface area contributed by atoms with Crippen molar-refractivity contribution in [1.29, 1.82) is 0 Å². The average molecular weight is 421 g/mol. The van der Waals surface area contributed by atoms with Crippen LogP contribution in [0.2, 0.25) is 0 Å². The van der Waals surface area contributed by atoms with E-state index >= 15 is 0 Å². The van der Waals surface area contributed by atoms with Gasteiger partial charge in [0.25, 0.3) is 0 Å². The first-order chi connectivity index (χ1) is 14.6. The second-order valence-electron chi connectivity index (χ2n) is 6.55. The minimum Gasteiger partial charge on any atom is -0.462 e. The Morgan fingerprint density at radius 3 is 2.40 bits per heavy atom. The molecule has 0 aliphatic rings. The molecule has 0 atom stereocenters. The van der Waals surface area contributed by atoms with Gasteiger partial charge in [0.2, 0.25) is 0 Å². The molecule has 0 spiro atoms. The van der Waals surface area contributed by atoms with Crippen LogP contribution in [0.1, 0.15) is 22.2 Å². The summed E-state index contributed by atoms with van der Waals surface area (Å²) in [4.78, 5) is 20.0. The van der Waals surface area contributed by atoms with Gasteiger partial charge in [0.05, 0.1) is 29.7 Å². The van der Waals surface area contributed by atoms with Crippen LogP contribution in [0.4, 0.5) is 10.7 Å². The normalized spacial score (nSPS) is 11.2. The minimum absolute atomic E-state index is 0.290. The number of hydrogen-bond donors (Lipinski definition) is 1. The topological polar surface area (TPSA) is 66.3 Å². The molecule has 154 valence electrons. The predicted octanol–water partition coefficient (Wildman–Crippen LogP) is 5.26. The Kier molecular flexibility index (Phi) is 7.34. The van der Waals surface area contributed by atoms with Gasteiger partial charge in [-0.1, -0.05) is 48.5 Å². The summed E-state index contributed by atoms with van der Waals surface area (Å²) in [6, 6.07) is 19.4. The molecule has 1 N–H and O–H groups in total. The Balaban J connectivity index is 2.09. The molecule has 0 radical (unpaired) electrons. The molecule has 6 nitrogen and oxygen atoms in total. The van der Waals surface area contributed by atoms with Crippen LogP contribution in [0.15, 0.2) is 70.8 Å². The monoisotopic (exact) mass is 420 g/mol. The second-order valence-corrected chi connectivity index (χ2v) is 7.58. The number of thiophene rings is 1. The summed E-state index contributed by atoms with van der Waals surface area (Å²) < 4.78 is 5.34. The molecule has 7 heteroatoms. The lowest BCUT2D eigenvalue weighted by Crippen LogP contribution is -2.08. The number of benzene rings is 2. The SMILES string of the molecule is CCOC(=O)c1c(/N=C/N(C)C)sc(/C=N/Nc2ccccc2)c1-c1ccccc1. The molecule has 1 heterocycles. The van der Waals surface area contributed by atoms with Crippen LogP contribution in [0, 0.1) is 0 Å². The van der Waals surface area contributed by atoms with Crippen LogP contribution in [0.5, 0.6) is 0 Å². The molecule has 1 aromatic heterocycles. The number of nitrogens with zero attached hydrogens (tertiary/aromatic N) is 3. The van der Waals surface area contributed by atoms with Crippen LogP contribution in [-0.4, -0.2) is 44.1 Å². The first-order valence-corrected chi connectivity index (χ1v) is 10.4. The summed E-state index contributed by atoms with van der Waals surface area (Å²) in [5, 5.41) is 4.96. The van der Waals surface area contributed by atoms with E-state index in [9.17, 15) is 4.79 Å². The van der Waals surface area contributed by atoms with Crippen molar-refractivity contribution in [3.05, 3.63) is 71.1 Å². The van der Waals surface area contributed by atoms with E-state index in [1.165, 1.54) is 11.3 Å². The molecule has 0 amide bonds. The number of rotatable bonds is 8. The Labute approximate surface area is 180 Å². The number of carbonyl (C=O) groups is 1. The zero-order valence-electron chi connectivity index (χ0n) is 17.2. The fraction of sp³-hybridized carbons (Fsp3) is 0.174. The van der Waals surface area contributed by atoms with E-state index in [4.69, 9.17) is 4.74 Å². The summed E-state index contributed by atoms with van der Waals surface area (Å²) in [5.74, 6) is -0.394. The standard InChI is InChI=1S/C23H24N4O2S/c1-4-29-23(28)21-20(17-11-7-5-8-12-17)19(30-22(21)24-16-27(2)3)15-25-26-18-13-9-6-10-14-18/h5-16,26H,4H2,1-3H3/b24-16+,25-15+. The van der Waals surface area contributed by atoms with Crippen LogP contribution < -0.4 is 5.43 Å². The van der Waals surface area contributed by atoms with E-state index in [1.807, 2.05) is 79.7 Å². The van der Waals surface area contributed by atoms with Crippen molar-refractivity contribution in [2.24, 2.45) is 10.1 Å². The van der Waals surface area contributed by atoms with Gasteiger partial charge in [-0.3, -0.25) is 5.43 Å². The first kappa shape index (κ1) is 21.3. The number of anilines is 1. The molecule has 0 bridgehead atoms. The summed E-state index contributed by atoms with van der Waals surface area (Å²) in [6.45, 7) is 2.08. The molecule has 0 aliphatic heterocycles. The quantitative estimate of drug-likeness (QED) is 0.234. The molecule has 0 unspecified atom stereocenters. The van der Waals surface area contributed by atoms with E-state index in [1.54, 1.807) is 19.5 Å². The van der Waals surface area contributed by atoms with Gasteiger partial charge < -0.3 is 9.64 Å². The van der Waals surface area contributed by atoms with Gasteiger partial charge in [-0.15, -0.1) is 11.3 Å². The van der Waals surface area contributed by atoms with E-state index in [-0.39, 0.29) is 0 Å². The van der Waals surface area contributed by atoms with Crippen molar-refractivity contribution in [2.75, 3.05) is 26.1 Å². The average Bonchev–Trinajstić information content (AvgIpc) is 3.12. The molecule has 3 rings (SSSR count). The minimum atomic E-state index is -0.394. The Bertz CT molecular complexity index is 1030.